The summed E-state index contributed by atoms with van der Waals surface area (Å²) < 4.78 is 0. The number of aliphatic imine (C=N–C) groups is 1. The SMILES string of the molecule is CCc1ccc(C2CN=C(N)N2c2cccc(C)c2)cc1. The Bertz CT molecular complexity index is 658. The van der Waals surface area contributed by atoms with Gasteiger partial charge in [-0.05, 0) is 42.2 Å². The molecule has 0 saturated carbocycles. The number of hydrogen-bond acceptors (Lipinski definition) is 3. The van der Waals surface area contributed by atoms with Crippen LogP contribution < -0.4 is 10.6 Å². The average Bonchev–Trinajstić information content (AvgIpc) is 2.89. The van der Waals surface area contributed by atoms with Gasteiger partial charge >= 0.3 is 0 Å². The van der Waals surface area contributed by atoms with Gasteiger partial charge in [0.2, 0.25) is 0 Å². The fourth-order valence-corrected chi connectivity index (χ4v) is 2.82. The highest BCUT2D eigenvalue weighted by Gasteiger charge is 2.28. The summed E-state index contributed by atoms with van der Waals surface area (Å²) in [7, 11) is 0. The lowest BCUT2D eigenvalue weighted by Gasteiger charge is -2.27. The maximum Gasteiger partial charge on any atom is 0.196 e. The second kappa shape index (κ2) is 5.60. The highest BCUT2D eigenvalue weighted by molar-refractivity contribution is 5.97. The third kappa shape index (κ3) is 2.64. The molecule has 0 amide bonds. The van der Waals surface area contributed by atoms with Crippen molar-refractivity contribution in [1.82, 2.24) is 0 Å². The third-order valence-corrected chi connectivity index (χ3v) is 4.04. The number of hydrogen-bond donors (Lipinski definition) is 1. The summed E-state index contributed by atoms with van der Waals surface area (Å²) in [5.41, 5.74) is 11.1. The van der Waals surface area contributed by atoms with Crippen LogP contribution >= 0.6 is 0 Å². The molecular weight excluding hydrogens is 258 g/mol. The van der Waals surface area contributed by atoms with E-state index in [9.17, 15) is 0 Å². The number of guanidine groups is 1. The van der Waals surface area contributed by atoms with E-state index in [1.807, 2.05) is 0 Å². The lowest BCUT2D eigenvalue weighted by atomic mass is 10.0. The van der Waals surface area contributed by atoms with Crippen molar-refractivity contribution in [2.45, 2.75) is 26.3 Å². The van der Waals surface area contributed by atoms with E-state index < -0.39 is 0 Å². The van der Waals surface area contributed by atoms with Crippen LogP contribution in [0.15, 0.2) is 53.5 Å². The van der Waals surface area contributed by atoms with Crippen LogP contribution in [0.3, 0.4) is 0 Å². The lowest BCUT2D eigenvalue weighted by molar-refractivity contribution is 0.768. The number of nitrogens with zero attached hydrogens (tertiary/aromatic N) is 2. The molecule has 108 valence electrons. The third-order valence-electron chi connectivity index (χ3n) is 4.04. The predicted octanol–water partition coefficient (Wildman–Crippen LogP) is 3.43. The van der Waals surface area contributed by atoms with E-state index in [-0.39, 0.29) is 6.04 Å². The smallest absolute Gasteiger partial charge is 0.196 e. The molecule has 3 heteroatoms. The van der Waals surface area contributed by atoms with Gasteiger partial charge in [0.15, 0.2) is 5.96 Å². The Hall–Kier alpha value is -2.29. The molecule has 2 aromatic carbocycles. The molecule has 3 rings (SSSR count). The molecule has 0 bridgehead atoms. The van der Waals surface area contributed by atoms with Crippen molar-refractivity contribution in [2.24, 2.45) is 10.7 Å². The number of benzene rings is 2. The zero-order valence-corrected chi connectivity index (χ0v) is 12.6. The van der Waals surface area contributed by atoms with E-state index in [4.69, 9.17) is 5.73 Å². The van der Waals surface area contributed by atoms with Crippen LogP contribution in [-0.2, 0) is 6.42 Å². The maximum atomic E-state index is 6.12. The molecule has 1 heterocycles. The first-order valence-corrected chi connectivity index (χ1v) is 7.43. The Labute approximate surface area is 126 Å². The molecule has 0 radical (unpaired) electrons. The minimum absolute atomic E-state index is 0.192. The Kier molecular flexibility index (Phi) is 3.65. The molecule has 0 spiro atoms. The van der Waals surface area contributed by atoms with E-state index >= 15 is 0 Å². The quantitative estimate of drug-likeness (QED) is 0.935. The van der Waals surface area contributed by atoms with Crippen LogP contribution in [0.2, 0.25) is 0 Å². The van der Waals surface area contributed by atoms with Crippen molar-refractivity contribution in [1.29, 1.82) is 0 Å². The first kappa shape index (κ1) is 13.7. The molecule has 0 aromatic heterocycles. The Morgan fingerprint density at radius 2 is 1.95 bits per heavy atom. The number of nitrogens with two attached hydrogens (primary N) is 1. The summed E-state index contributed by atoms with van der Waals surface area (Å²) >= 11 is 0. The number of aryl methyl sites for hydroxylation is 2. The van der Waals surface area contributed by atoms with E-state index in [0.717, 1.165) is 12.1 Å². The summed E-state index contributed by atoms with van der Waals surface area (Å²) in [5.74, 6) is 0.602. The molecule has 1 atom stereocenters. The second-order valence-electron chi connectivity index (χ2n) is 5.52. The van der Waals surface area contributed by atoms with Gasteiger partial charge in [-0.1, -0.05) is 43.3 Å². The van der Waals surface area contributed by atoms with Gasteiger partial charge in [0.25, 0.3) is 0 Å². The van der Waals surface area contributed by atoms with Crippen molar-refractivity contribution in [3.8, 4) is 0 Å². The average molecular weight is 279 g/mol. The molecule has 1 aliphatic rings. The van der Waals surface area contributed by atoms with Crippen molar-refractivity contribution < 1.29 is 0 Å². The normalized spacial score (nSPS) is 17.9. The monoisotopic (exact) mass is 279 g/mol. The van der Waals surface area contributed by atoms with Gasteiger partial charge in [-0.25, -0.2) is 0 Å². The first-order valence-electron chi connectivity index (χ1n) is 7.43. The van der Waals surface area contributed by atoms with Gasteiger partial charge in [-0.3, -0.25) is 4.99 Å². The van der Waals surface area contributed by atoms with Gasteiger partial charge in [0.1, 0.15) is 0 Å². The zero-order chi connectivity index (χ0) is 14.8. The van der Waals surface area contributed by atoms with E-state index in [0.29, 0.717) is 12.5 Å². The van der Waals surface area contributed by atoms with E-state index in [1.54, 1.807) is 0 Å². The van der Waals surface area contributed by atoms with Crippen LogP contribution in [0, 0.1) is 6.92 Å². The van der Waals surface area contributed by atoms with Gasteiger partial charge in [-0.15, -0.1) is 0 Å². The van der Waals surface area contributed by atoms with Gasteiger partial charge < -0.3 is 10.6 Å². The van der Waals surface area contributed by atoms with Crippen LogP contribution in [0.25, 0.3) is 0 Å². The van der Waals surface area contributed by atoms with Crippen LogP contribution in [0.1, 0.15) is 29.7 Å². The Morgan fingerprint density at radius 1 is 1.19 bits per heavy atom. The minimum Gasteiger partial charge on any atom is -0.369 e. The summed E-state index contributed by atoms with van der Waals surface area (Å²) in [6, 6.07) is 17.4. The highest BCUT2D eigenvalue weighted by Crippen LogP contribution is 2.31. The predicted molar refractivity (Wildman–Crippen MR) is 88.7 cm³/mol. The van der Waals surface area contributed by atoms with E-state index in [2.05, 4.69) is 72.3 Å². The minimum atomic E-state index is 0.192. The van der Waals surface area contributed by atoms with Gasteiger partial charge in [0.05, 0.1) is 12.6 Å². The van der Waals surface area contributed by atoms with E-state index in [1.165, 1.54) is 16.7 Å². The molecule has 1 aliphatic heterocycles. The van der Waals surface area contributed by atoms with Crippen molar-refractivity contribution >= 4 is 11.6 Å². The Balaban J connectivity index is 1.94. The summed E-state index contributed by atoms with van der Waals surface area (Å²) in [6.07, 6.45) is 1.06. The van der Waals surface area contributed by atoms with Crippen LogP contribution in [-0.4, -0.2) is 12.5 Å². The molecule has 2 N–H and O–H groups in total. The summed E-state index contributed by atoms with van der Waals surface area (Å²) in [4.78, 5) is 6.58. The lowest BCUT2D eigenvalue weighted by Crippen LogP contribution is -2.36. The molecule has 3 nitrogen and oxygen atoms in total. The van der Waals surface area contributed by atoms with Gasteiger partial charge in [0, 0.05) is 5.69 Å². The number of anilines is 1. The second-order valence-corrected chi connectivity index (χ2v) is 5.52. The molecule has 1 unspecified atom stereocenters. The van der Waals surface area contributed by atoms with Crippen LogP contribution in [0.4, 0.5) is 5.69 Å². The topological polar surface area (TPSA) is 41.6 Å². The largest absolute Gasteiger partial charge is 0.369 e. The molecular formula is C18H21N3. The molecule has 0 fully saturated rings. The molecule has 0 aliphatic carbocycles. The van der Waals surface area contributed by atoms with Crippen LogP contribution in [0.5, 0.6) is 0 Å². The van der Waals surface area contributed by atoms with Crippen molar-refractivity contribution in [2.75, 3.05) is 11.4 Å². The summed E-state index contributed by atoms with van der Waals surface area (Å²) in [6.45, 7) is 4.98. The Morgan fingerprint density at radius 3 is 2.62 bits per heavy atom. The first-order chi connectivity index (χ1) is 10.2. The van der Waals surface area contributed by atoms with Gasteiger partial charge in [-0.2, -0.15) is 0 Å². The standard InChI is InChI=1S/C18H21N3/c1-3-14-7-9-15(10-8-14)17-12-20-18(19)21(17)16-6-4-5-13(2)11-16/h4-11,17H,3,12H2,1-2H3,(H2,19,20). The zero-order valence-electron chi connectivity index (χ0n) is 12.6. The van der Waals surface area contributed by atoms with Crippen molar-refractivity contribution in [3.63, 3.8) is 0 Å². The fourth-order valence-electron chi connectivity index (χ4n) is 2.82. The molecule has 21 heavy (non-hydrogen) atoms. The highest BCUT2D eigenvalue weighted by atomic mass is 15.3. The number of rotatable bonds is 3. The summed E-state index contributed by atoms with van der Waals surface area (Å²) in [5, 5.41) is 0. The molecule has 2 aromatic rings. The maximum absolute atomic E-state index is 6.12. The molecule has 0 saturated heterocycles. The van der Waals surface area contributed by atoms with Crippen molar-refractivity contribution in [3.05, 3.63) is 65.2 Å². The fraction of sp³-hybridized carbons (Fsp3) is 0.278.